The van der Waals surface area contributed by atoms with Crippen LogP contribution in [-0.2, 0) is 9.47 Å². The Morgan fingerprint density at radius 1 is 1.05 bits per heavy atom. The van der Waals surface area contributed by atoms with Gasteiger partial charge in [-0.05, 0) is 38.0 Å². The lowest BCUT2D eigenvalue weighted by Crippen LogP contribution is -2.21. The van der Waals surface area contributed by atoms with Crippen LogP contribution in [0.2, 0.25) is 0 Å². The van der Waals surface area contributed by atoms with Crippen molar-refractivity contribution in [1.29, 1.82) is 0 Å². The molecule has 0 spiro atoms. The number of hydrogen-bond acceptors (Lipinski definition) is 4. The third-order valence-electron chi connectivity index (χ3n) is 3.18. The number of ether oxygens (including phenoxy) is 2. The van der Waals surface area contributed by atoms with E-state index in [-0.39, 0.29) is 18.9 Å². The van der Waals surface area contributed by atoms with Crippen LogP contribution >= 0.6 is 0 Å². The topological polar surface area (TPSA) is 57.5 Å². The van der Waals surface area contributed by atoms with Gasteiger partial charge in [0.1, 0.15) is 5.69 Å². The van der Waals surface area contributed by atoms with Gasteiger partial charge in [0, 0.05) is 0 Å². The maximum Gasteiger partial charge on any atom is 0.419 e. The Labute approximate surface area is 129 Å². The first-order valence-corrected chi connectivity index (χ1v) is 7.22. The lowest BCUT2D eigenvalue weighted by molar-refractivity contribution is 0.0511. The van der Waals surface area contributed by atoms with Gasteiger partial charge in [0.2, 0.25) is 0 Å². The predicted molar refractivity (Wildman–Crippen MR) is 83.0 cm³/mol. The van der Waals surface area contributed by atoms with Gasteiger partial charge in [-0.15, -0.1) is 0 Å². The third-order valence-corrected chi connectivity index (χ3v) is 3.18. The van der Waals surface area contributed by atoms with Crippen molar-refractivity contribution in [3.8, 4) is 11.3 Å². The molecule has 1 heterocycles. The van der Waals surface area contributed by atoms with Crippen LogP contribution in [0.1, 0.15) is 29.9 Å². The zero-order valence-electron chi connectivity index (χ0n) is 13.0. The highest BCUT2D eigenvalue weighted by Crippen LogP contribution is 2.26. The highest BCUT2D eigenvalue weighted by atomic mass is 16.6. The Morgan fingerprint density at radius 3 is 2.27 bits per heavy atom. The predicted octanol–water partition coefficient (Wildman–Crippen LogP) is 3.64. The van der Waals surface area contributed by atoms with Crippen molar-refractivity contribution in [2.24, 2.45) is 0 Å². The lowest BCUT2D eigenvalue weighted by Gasteiger charge is -2.11. The van der Waals surface area contributed by atoms with Gasteiger partial charge in [-0.1, -0.05) is 30.3 Å². The second-order valence-corrected chi connectivity index (χ2v) is 4.68. The van der Waals surface area contributed by atoms with Gasteiger partial charge in [-0.3, -0.25) is 0 Å². The highest BCUT2D eigenvalue weighted by molar-refractivity contribution is 5.96. The maximum atomic E-state index is 12.3. The van der Waals surface area contributed by atoms with E-state index < -0.39 is 12.1 Å². The van der Waals surface area contributed by atoms with Crippen LogP contribution in [0.15, 0.2) is 36.4 Å². The molecular formula is C17H19NO4. The first-order chi connectivity index (χ1) is 10.6. The molecule has 2 rings (SSSR count). The first-order valence-electron chi connectivity index (χ1n) is 7.22. The van der Waals surface area contributed by atoms with E-state index in [0.717, 1.165) is 5.56 Å². The van der Waals surface area contributed by atoms with Crippen molar-refractivity contribution in [2.45, 2.75) is 20.8 Å². The molecule has 0 radical (unpaired) electrons. The summed E-state index contributed by atoms with van der Waals surface area (Å²) in [6.07, 6.45) is -0.586. The fourth-order valence-corrected chi connectivity index (χ4v) is 2.29. The normalized spacial score (nSPS) is 10.3. The number of aromatic nitrogens is 1. The van der Waals surface area contributed by atoms with Gasteiger partial charge >= 0.3 is 12.1 Å². The van der Waals surface area contributed by atoms with E-state index in [1.165, 1.54) is 4.57 Å². The van der Waals surface area contributed by atoms with Crippen LogP contribution < -0.4 is 0 Å². The second kappa shape index (κ2) is 6.93. The summed E-state index contributed by atoms with van der Waals surface area (Å²) >= 11 is 0. The zero-order valence-corrected chi connectivity index (χ0v) is 13.0. The molecule has 0 N–H and O–H groups in total. The molecule has 116 valence electrons. The molecule has 0 aliphatic carbocycles. The van der Waals surface area contributed by atoms with Crippen LogP contribution in [0.3, 0.4) is 0 Å². The minimum Gasteiger partial charge on any atom is -0.461 e. The summed E-state index contributed by atoms with van der Waals surface area (Å²) in [5, 5.41) is 0. The summed E-state index contributed by atoms with van der Waals surface area (Å²) < 4.78 is 11.4. The average molecular weight is 301 g/mol. The molecule has 0 aliphatic heterocycles. The molecule has 0 aliphatic rings. The molecule has 0 saturated heterocycles. The minimum atomic E-state index is -0.586. The number of carbonyl (C=O) groups is 2. The molecule has 0 unspecified atom stereocenters. The average Bonchev–Trinajstić information content (AvgIpc) is 2.86. The maximum absolute atomic E-state index is 12.3. The lowest BCUT2D eigenvalue weighted by atomic mass is 10.1. The summed E-state index contributed by atoms with van der Waals surface area (Å²) in [6, 6.07) is 11.2. The van der Waals surface area contributed by atoms with E-state index in [2.05, 4.69) is 0 Å². The highest BCUT2D eigenvalue weighted by Gasteiger charge is 2.25. The monoisotopic (exact) mass is 301 g/mol. The van der Waals surface area contributed by atoms with Crippen molar-refractivity contribution < 1.29 is 19.1 Å². The molecule has 1 aromatic carbocycles. The Kier molecular flexibility index (Phi) is 4.99. The van der Waals surface area contributed by atoms with E-state index in [0.29, 0.717) is 11.3 Å². The van der Waals surface area contributed by atoms with E-state index in [1.54, 1.807) is 26.8 Å². The quantitative estimate of drug-likeness (QED) is 0.809. The molecule has 0 amide bonds. The molecule has 0 bridgehead atoms. The molecule has 5 heteroatoms. The third kappa shape index (κ3) is 3.03. The summed E-state index contributed by atoms with van der Waals surface area (Å²) in [7, 11) is 0. The first kappa shape index (κ1) is 15.8. The summed E-state index contributed by atoms with van der Waals surface area (Å²) in [5.74, 6) is -0.532. The number of nitrogens with zero attached hydrogens (tertiary/aromatic N) is 1. The van der Waals surface area contributed by atoms with Crippen LogP contribution in [0, 0.1) is 6.92 Å². The minimum absolute atomic E-state index is 0.208. The van der Waals surface area contributed by atoms with Crippen molar-refractivity contribution in [3.63, 3.8) is 0 Å². The Hall–Kier alpha value is -2.56. The van der Waals surface area contributed by atoms with E-state index in [1.807, 2.05) is 30.3 Å². The van der Waals surface area contributed by atoms with Crippen LogP contribution in [0.25, 0.3) is 11.3 Å². The Balaban J connectivity index is 2.62. The molecule has 0 fully saturated rings. The smallest absolute Gasteiger partial charge is 0.419 e. The van der Waals surface area contributed by atoms with Crippen LogP contribution in [0.5, 0.6) is 0 Å². The summed E-state index contributed by atoms with van der Waals surface area (Å²) in [4.78, 5) is 24.5. The fraction of sp³-hybridized carbons (Fsp3) is 0.294. The Bertz CT molecular complexity index is 673. The molecule has 22 heavy (non-hydrogen) atoms. The van der Waals surface area contributed by atoms with Gasteiger partial charge in [0.05, 0.1) is 18.9 Å². The standard InChI is InChI=1S/C17H19NO4/c1-4-21-16(19)15-12(3)11-14(13-9-7-6-8-10-13)18(15)17(20)22-5-2/h6-11H,4-5H2,1-3H3. The molecule has 2 aromatic rings. The van der Waals surface area contributed by atoms with Gasteiger partial charge in [0.15, 0.2) is 0 Å². The van der Waals surface area contributed by atoms with Crippen molar-refractivity contribution in [3.05, 3.63) is 47.7 Å². The van der Waals surface area contributed by atoms with Crippen molar-refractivity contribution in [1.82, 2.24) is 4.57 Å². The molecule has 5 nitrogen and oxygen atoms in total. The number of esters is 1. The molecular weight excluding hydrogens is 282 g/mol. The van der Waals surface area contributed by atoms with Gasteiger partial charge in [-0.25, -0.2) is 14.2 Å². The summed E-state index contributed by atoms with van der Waals surface area (Å²) in [6.45, 7) is 5.69. The fourth-order valence-electron chi connectivity index (χ4n) is 2.29. The van der Waals surface area contributed by atoms with Crippen molar-refractivity contribution >= 4 is 12.1 Å². The SMILES string of the molecule is CCOC(=O)c1c(C)cc(-c2ccccc2)n1C(=O)OCC. The number of aryl methyl sites for hydroxylation is 1. The number of benzene rings is 1. The molecule has 1 aromatic heterocycles. The largest absolute Gasteiger partial charge is 0.461 e. The van der Waals surface area contributed by atoms with E-state index >= 15 is 0 Å². The van der Waals surface area contributed by atoms with Gasteiger partial charge in [-0.2, -0.15) is 0 Å². The van der Waals surface area contributed by atoms with Crippen LogP contribution in [-0.4, -0.2) is 29.8 Å². The van der Waals surface area contributed by atoms with Gasteiger partial charge in [0.25, 0.3) is 0 Å². The zero-order chi connectivity index (χ0) is 16.1. The van der Waals surface area contributed by atoms with Crippen LogP contribution in [0.4, 0.5) is 4.79 Å². The number of carbonyl (C=O) groups excluding carboxylic acids is 2. The summed E-state index contributed by atoms with van der Waals surface area (Å²) in [5.41, 5.74) is 2.32. The van der Waals surface area contributed by atoms with Crippen molar-refractivity contribution in [2.75, 3.05) is 13.2 Å². The second-order valence-electron chi connectivity index (χ2n) is 4.68. The molecule has 0 saturated carbocycles. The number of hydrogen-bond donors (Lipinski definition) is 0. The Morgan fingerprint density at radius 2 is 1.68 bits per heavy atom. The molecule has 0 atom stereocenters. The van der Waals surface area contributed by atoms with Gasteiger partial charge < -0.3 is 9.47 Å². The number of rotatable bonds is 4. The van der Waals surface area contributed by atoms with E-state index in [9.17, 15) is 9.59 Å². The van der Waals surface area contributed by atoms with E-state index in [4.69, 9.17) is 9.47 Å².